The lowest BCUT2D eigenvalue weighted by Crippen LogP contribution is -2.08. The van der Waals surface area contributed by atoms with E-state index in [0.717, 1.165) is 46.6 Å². The SMILES string of the molecule is CCCc1nn(C)c2c(NCc3ccc4c(c3)OCO4)nc(CCCC(=O)O)nc12. The van der Waals surface area contributed by atoms with Crippen LogP contribution in [0.15, 0.2) is 18.2 Å². The number of anilines is 1. The fourth-order valence-corrected chi connectivity index (χ4v) is 3.56. The van der Waals surface area contributed by atoms with E-state index >= 15 is 0 Å². The highest BCUT2D eigenvalue weighted by molar-refractivity contribution is 5.87. The molecule has 2 N–H and O–H groups in total. The Bertz CT molecular complexity index is 1080. The predicted octanol–water partition coefficient (Wildman–Crippen LogP) is 3.06. The van der Waals surface area contributed by atoms with Crippen LogP contribution in [0.4, 0.5) is 5.82 Å². The van der Waals surface area contributed by atoms with Crippen LogP contribution < -0.4 is 14.8 Å². The molecule has 4 rings (SSSR count). The summed E-state index contributed by atoms with van der Waals surface area (Å²) in [6, 6.07) is 5.83. The standard InChI is InChI=1S/C21H25N5O4/c1-3-5-14-19-20(26(2)25-14)21(24-17(23-19)6-4-7-18(27)28)22-11-13-8-9-15-16(10-13)30-12-29-15/h8-10H,3-7,11-12H2,1-2H3,(H,27,28)(H,22,23,24). The molecule has 1 aliphatic heterocycles. The van der Waals surface area contributed by atoms with Crippen LogP contribution in [0.2, 0.25) is 0 Å². The highest BCUT2D eigenvalue weighted by Crippen LogP contribution is 2.33. The number of nitrogens with zero attached hydrogens (tertiary/aromatic N) is 4. The van der Waals surface area contributed by atoms with Gasteiger partial charge in [-0.3, -0.25) is 9.48 Å². The summed E-state index contributed by atoms with van der Waals surface area (Å²) in [5.74, 6) is 2.00. The largest absolute Gasteiger partial charge is 0.481 e. The van der Waals surface area contributed by atoms with Crippen molar-refractivity contribution < 1.29 is 19.4 Å². The molecule has 0 saturated heterocycles. The monoisotopic (exact) mass is 411 g/mol. The van der Waals surface area contributed by atoms with Gasteiger partial charge >= 0.3 is 5.97 Å². The fourth-order valence-electron chi connectivity index (χ4n) is 3.56. The summed E-state index contributed by atoms with van der Waals surface area (Å²) >= 11 is 0. The van der Waals surface area contributed by atoms with Crippen molar-refractivity contribution in [3.05, 3.63) is 35.3 Å². The Labute approximate surface area is 174 Å². The van der Waals surface area contributed by atoms with Crippen LogP contribution >= 0.6 is 0 Å². The van der Waals surface area contributed by atoms with Crippen LogP contribution in [0.3, 0.4) is 0 Å². The van der Waals surface area contributed by atoms with E-state index in [1.165, 1.54) is 0 Å². The average Bonchev–Trinajstić information content (AvgIpc) is 3.30. The maximum Gasteiger partial charge on any atom is 0.303 e. The number of carboxylic acids is 1. The van der Waals surface area contributed by atoms with Crippen molar-refractivity contribution in [1.29, 1.82) is 0 Å². The molecule has 0 unspecified atom stereocenters. The van der Waals surface area contributed by atoms with E-state index in [0.29, 0.717) is 31.0 Å². The number of hydrogen-bond acceptors (Lipinski definition) is 7. The fraction of sp³-hybridized carbons (Fsp3) is 0.429. The zero-order valence-corrected chi connectivity index (χ0v) is 17.1. The number of carboxylic acid groups (broad SMARTS) is 1. The summed E-state index contributed by atoms with van der Waals surface area (Å²) in [5.41, 5.74) is 3.64. The Morgan fingerprint density at radius 2 is 2.07 bits per heavy atom. The van der Waals surface area contributed by atoms with E-state index in [2.05, 4.69) is 22.3 Å². The Morgan fingerprint density at radius 3 is 2.87 bits per heavy atom. The van der Waals surface area contributed by atoms with E-state index in [9.17, 15) is 4.79 Å². The van der Waals surface area contributed by atoms with Crippen LogP contribution in [-0.2, 0) is 31.2 Å². The molecule has 3 aromatic rings. The smallest absolute Gasteiger partial charge is 0.303 e. The van der Waals surface area contributed by atoms with E-state index in [-0.39, 0.29) is 13.2 Å². The van der Waals surface area contributed by atoms with Crippen molar-refractivity contribution in [2.45, 2.75) is 45.6 Å². The average molecular weight is 411 g/mol. The molecular formula is C21H25N5O4. The summed E-state index contributed by atoms with van der Waals surface area (Å²) in [6.45, 7) is 2.90. The van der Waals surface area contributed by atoms with Gasteiger partial charge in [0.1, 0.15) is 16.9 Å². The second-order valence-electron chi connectivity index (χ2n) is 7.29. The van der Waals surface area contributed by atoms with Crippen LogP contribution in [0, 0.1) is 0 Å². The molecule has 0 amide bonds. The summed E-state index contributed by atoms with van der Waals surface area (Å²) in [6.07, 6.45) is 2.87. The molecule has 0 atom stereocenters. The first kappa shape index (κ1) is 19.9. The first-order chi connectivity index (χ1) is 14.5. The first-order valence-electron chi connectivity index (χ1n) is 10.1. The number of aromatic nitrogens is 4. The molecular weight excluding hydrogens is 386 g/mol. The number of carbonyl (C=O) groups is 1. The number of nitrogens with one attached hydrogen (secondary N) is 1. The number of aryl methyl sites for hydroxylation is 3. The highest BCUT2D eigenvalue weighted by Gasteiger charge is 2.18. The van der Waals surface area contributed by atoms with Crippen LogP contribution in [0.25, 0.3) is 11.0 Å². The molecule has 1 aliphatic rings. The van der Waals surface area contributed by atoms with E-state index in [1.54, 1.807) is 0 Å². The van der Waals surface area contributed by atoms with Gasteiger partial charge < -0.3 is 19.9 Å². The minimum atomic E-state index is -0.815. The van der Waals surface area contributed by atoms with Crippen molar-refractivity contribution in [2.75, 3.05) is 12.1 Å². The zero-order valence-electron chi connectivity index (χ0n) is 17.1. The van der Waals surface area contributed by atoms with Crippen molar-refractivity contribution in [3.8, 4) is 11.5 Å². The van der Waals surface area contributed by atoms with Crippen LogP contribution in [0.5, 0.6) is 11.5 Å². The molecule has 0 aliphatic carbocycles. The minimum Gasteiger partial charge on any atom is -0.481 e. The molecule has 0 spiro atoms. The Kier molecular flexibility index (Phi) is 5.69. The molecule has 2 aromatic heterocycles. The van der Waals surface area contributed by atoms with E-state index < -0.39 is 5.97 Å². The Morgan fingerprint density at radius 1 is 1.23 bits per heavy atom. The number of fused-ring (bicyclic) bond motifs is 2. The lowest BCUT2D eigenvalue weighted by Gasteiger charge is -2.10. The maximum atomic E-state index is 10.9. The topological polar surface area (TPSA) is 111 Å². The normalized spacial score (nSPS) is 12.5. The van der Waals surface area contributed by atoms with Gasteiger partial charge in [-0.25, -0.2) is 9.97 Å². The predicted molar refractivity (Wildman–Crippen MR) is 111 cm³/mol. The Balaban J connectivity index is 1.63. The van der Waals surface area contributed by atoms with E-state index in [1.807, 2.05) is 29.9 Å². The van der Waals surface area contributed by atoms with Gasteiger partial charge in [0.05, 0.1) is 5.69 Å². The molecule has 0 bridgehead atoms. The molecule has 0 fully saturated rings. The van der Waals surface area contributed by atoms with Gasteiger partial charge in [-0.1, -0.05) is 19.4 Å². The number of hydrogen-bond donors (Lipinski definition) is 2. The second-order valence-corrected chi connectivity index (χ2v) is 7.29. The molecule has 9 nitrogen and oxygen atoms in total. The third kappa shape index (κ3) is 4.14. The van der Waals surface area contributed by atoms with Gasteiger partial charge in [-0.2, -0.15) is 5.10 Å². The summed E-state index contributed by atoms with van der Waals surface area (Å²) < 4.78 is 12.6. The van der Waals surface area contributed by atoms with Gasteiger partial charge in [-0.05, 0) is 30.5 Å². The number of rotatable bonds is 9. The lowest BCUT2D eigenvalue weighted by molar-refractivity contribution is -0.137. The van der Waals surface area contributed by atoms with Crippen LogP contribution in [0.1, 0.15) is 43.3 Å². The second kappa shape index (κ2) is 8.56. The summed E-state index contributed by atoms with van der Waals surface area (Å²) in [4.78, 5) is 20.3. The van der Waals surface area contributed by atoms with Crippen molar-refractivity contribution in [3.63, 3.8) is 0 Å². The lowest BCUT2D eigenvalue weighted by atomic mass is 10.2. The summed E-state index contributed by atoms with van der Waals surface area (Å²) in [7, 11) is 1.89. The van der Waals surface area contributed by atoms with Gasteiger partial charge in [0, 0.05) is 26.4 Å². The molecule has 0 radical (unpaired) electrons. The molecule has 30 heavy (non-hydrogen) atoms. The summed E-state index contributed by atoms with van der Waals surface area (Å²) in [5, 5.41) is 17.0. The Hall–Kier alpha value is -3.36. The first-order valence-corrected chi connectivity index (χ1v) is 10.1. The highest BCUT2D eigenvalue weighted by atomic mass is 16.7. The zero-order chi connectivity index (χ0) is 21.1. The number of aliphatic carboxylic acids is 1. The quantitative estimate of drug-likeness (QED) is 0.553. The van der Waals surface area contributed by atoms with Crippen molar-refractivity contribution >= 4 is 22.8 Å². The molecule has 3 heterocycles. The van der Waals surface area contributed by atoms with Gasteiger partial charge in [0.15, 0.2) is 17.3 Å². The number of benzene rings is 1. The van der Waals surface area contributed by atoms with E-state index in [4.69, 9.17) is 19.6 Å². The number of ether oxygens (including phenoxy) is 2. The van der Waals surface area contributed by atoms with Crippen molar-refractivity contribution in [2.24, 2.45) is 7.05 Å². The van der Waals surface area contributed by atoms with Gasteiger partial charge in [0.25, 0.3) is 0 Å². The molecule has 0 saturated carbocycles. The molecule has 9 heteroatoms. The minimum absolute atomic E-state index is 0.0935. The maximum absolute atomic E-state index is 10.9. The van der Waals surface area contributed by atoms with Crippen LogP contribution in [-0.4, -0.2) is 37.6 Å². The molecule has 158 valence electrons. The van der Waals surface area contributed by atoms with Gasteiger partial charge in [0.2, 0.25) is 6.79 Å². The third-order valence-electron chi connectivity index (χ3n) is 4.97. The third-order valence-corrected chi connectivity index (χ3v) is 4.97. The molecule has 1 aromatic carbocycles. The van der Waals surface area contributed by atoms with Crippen molar-refractivity contribution in [1.82, 2.24) is 19.7 Å². The van der Waals surface area contributed by atoms with Gasteiger partial charge in [-0.15, -0.1) is 0 Å².